The number of halogens is 6. The number of likely N-dealkylation sites (tertiary alicyclic amines) is 1. The minimum absolute atomic E-state index is 0.0386. The molecule has 0 radical (unpaired) electrons. The van der Waals surface area contributed by atoms with Crippen molar-refractivity contribution >= 4 is 15.9 Å². The zero-order valence-corrected chi connectivity index (χ0v) is 19.3. The fourth-order valence-corrected chi connectivity index (χ4v) is 5.69. The number of benzene rings is 2. The van der Waals surface area contributed by atoms with Gasteiger partial charge in [0.2, 0.25) is 16.0 Å². The molecule has 1 heterocycles. The van der Waals surface area contributed by atoms with Crippen LogP contribution in [0.2, 0.25) is 0 Å². The van der Waals surface area contributed by atoms with Crippen LogP contribution in [0.25, 0.3) is 11.1 Å². The van der Waals surface area contributed by atoms with Crippen molar-refractivity contribution < 1.29 is 39.6 Å². The summed E-state index contributed by atoms with van der Waals surface area (Å²) in [4.78, 5) is 13.7. The van der Waals surface area contributed by atoms with E-state index in [2.05, 4.69) is 4.72 Å². The number of hydrogen-bond donors (Lipinski definition) is 1. The second-order valence-electron chi connectivity index (χ2n) is 9.12. The van der Waals surface area contributed by atoms with E-state index in [9.17, 15) is 35.2 Å². The Bertz CT molecular complexity index is 1250. The van der Waals surface area contributed by atoms with Gasteiger partial charge in [-0.2, -0.15) is 0 Å². The summed E-state index contributed by atoms with van der Waals surface area (Å²) in [6.07, 6.45) is -1.47. The molecule has 12 heteroatoms. The molecule has 1 unspecified atom stereocenters. The minimum atomic E-state index is -4.41. The molecule has 1 aliphatic heterocycles. The molecule has 2 aliphatic rings. The maximum Gasteiger partial charge on any atom is 0.257 e. The third-order valence-electron chi connectivity index (χ3n) is 6.61. The standard InChI is InChI=1S/C23H22F6N2O3S/c1-12(25)22(32)31-10-23(2-3-23)21(30-35(33,34)11-24)19(31)7-14-6-17(28)9-18(20(14)29)13-4-15(26)8-16(27)5-13/h4-6,8-9,12,19,21,30H,2-3,7,10-11H2,1H3/t12?,19-,21+/m0/s1. The van der Waals surface area contributed by atoms with Crippen LogP contribution in [0.3, 0.4) is 0 Å². The summed E-state index contributed by atoms with van der Waals surface area (Å²) >= 11 is 0. The zero-order valence-electron chi connectivity index (χ0n) is 18.5. The van der Waals surface area contributed by atoms with E-state index in [0.29, 0.717) is 18.9 Å². The van der Waals surface area contributed by atoms with Crippen LogP contribution >= 0.6 is 0 Å². The molecule has 1 saturated heterocycles. The van der Waals surface area contributed by atoms with Crippen molar-refractivity contribution in [3.05, 3.63) is 59.2 Å². The Labute approximate surface area is 198 Å². The maximum absolute atomic E-state index is 15.5. The topological polar surface area (TPSA) is 66.5 Å². The van der Waals surface area contributed by atoms with E-state index in [1.54, 1.807) is 0 Å². The van der Waals surface area contributed by atoms with E-state index in [1.807, 2.05) is 0 Å². The number of carbonyl (C=O) groups is 1. The van der Waals surface area contributed by atoms with Gasteiger partial charge in [0.1, 0.15) is 23.3 Å². The predicted octanol–water partition coefficient (Wildman–Crippen LogP) is 4.02. The summed E-state index contributed by atoms with van der Waals surface area (Å²) in [5.74, 6) is -4.97. The Morgan fingerprint density at radius 1 is 1.09 bits per heavy atom. The third-order valence-corrected chi connectivity index (χ3v) is 7.51. The molecule has 190 valence electrons. The quantitative estimate of drug-likeness (QED) is 0.561. The Morgan fingerprint density at radius 2 is 1.69 bits per heavy atom. The molecule has 1 N–H and O–H groups in total. The predicted molar refractivity (Wildman–Crippen MR) is 115 cm³/mol. The van der Waals surface area contributed by atoms with Gasteiger partial charge in [0.05, 0.1) is 6.04 Å². The Kier molecular flexibility index (Phi) is 6.64. The summed E-state index contributed by atoms with van der Waals surface area (Å²) in [5.41, 5.74) is -1.82. The van der Waals surface area contributed by atoms with Crippen molar-refractivity contribution in [1.82, 2.24) is 9.62 Å². The largest absolute Gasteiger partial charge is 0.335 e. The summed E-state index contributed by atoms with van der Waals surface area (Å²) in [6.45, 7) is 0.959. The Balaban J connectivity index is 1.78. The smallest absolute Gasteiger partial charge is 0.257 e. The lowest BCUT2D eigenvalue weighted by Gasteiger charge is -2.30. The monoisotopic (exact) mass is 520 g/mol. The van der Waals surface area contributed by atoms with E-state index >= 15 is 4.39 Å². The maximum atomic E-state index is 15.5. The van der Waals surface area contributed by atoms with Crippen LogP contribution in [-0.2, 0) is 21.2 Å². The average molecular weight is 520 g/mol. The first-order chi connectivity index (χ1) is 16.4. The molecule has 35 heavy (non-hydrogen) atoms. The molecule has 1 spiro atoms. The SMILES string of the molecule is CC(F)C(=O)N1CC2(CC2)[C@H](NS(=O)(=O)CF)[C@@H]1Cc1cc(F)cc(-c2cc(F)cc(F)c2)c1F. The number of sulfonamides is 1. The van der Waals surface area contributed by atoms with E-state index in [0.717, 1.165) is 36.1 Å². The molecule has 1 saturated carbocycles. The third kappa shape index (κ3) is 5.04. The highest BCUT2D eigenvalue weighted by Gasteiger charge is 2.61. The van der Waals surface area contributed by atoms with Crippen LogP contribution in [0.1, 0.15) is 25.3 Å². The Morgan fingerprint density at radius 3 is 2.23 bits per heavy atom. The lowest BCUT2D eigenvalue weighted by atomic mass is 9.91. The van der Waals surface area contributed by atoms with Crippen LogP contribution in [0.4, 0.5) is 26.3 Å². The highest BCUT2D eigenvalue weighted by Crippen LogP contribution is 2.55. The second kappa shape index (κ2) is 9.12. The van der Waals surface area contributed by atoms with Crippen LogP contribution in [0.15, 0.2) is 30.3 Å². The second-order valence-corrected chi connectivity index (χ2v) is 10.8. The summed E-state index contributed by atoms with van der Waals surface area (Å²) in [5, 5.41) is 0. The van der Waals surface area contributed by atoms with E-state index < -0.39 is 80.9 Å². The number of amides is 1. The van der Waals surface area contributed by atoms with Crippen molar-refractivity contribution in [1.29, 1.82) is 0 Å². The van der Waals surface area contributed by atoms with Gasteiger partial charge in [-0.3, -0.25) is 4.79 Å². The van der Waals surface area contributed by atoms with Gasteiger partial charge in [0.25, 0.3) is 5.91 Å². The van der Waals surface area contributed by atoms with Gasteiger partial charge < -0.3 is 4.90 Å². The molecule has 2 aromatic carbocycles. The highest BCUT2D eigenvalue weighted by atomic mass is 32.2. The van der Waals surface area contributed by atoms with Crippen molar-refractivity contribution in [3.63, 3.8) is 0 Å². The molecule has 5 nitrogen and oxygen atoms in total. The van der Waals surface area contributed by atoms with E-state index in [1.165, 1.54) is 0 Å². The molecule has 0 aromatic heterocycles. The number of rotatable bonds is 7. The molecular weight excluding hydrogens is 498 g/mol. The molecular formula is C23H22F6N2O3S. The van der Waals surface area contributed by atoms with Crippen LogP contribution < -0.4 is 4.72 Å². The number of alkyl halides is 2. The van der Waals surface area contributed by atoms with E-state index in [-0.39, 0.29) is 17.7 Å². The zero-order chi connectivity index (χ0) is 25.7. The lowest BCUT2D eigenvalue weighted by Crippen LogP contribution is -2.51. The van der Waals surface area contributed by atoms with Gasteiger partial charge in [0.15, 0.2) is 6.17 Å². The van der Waals surface area contributed by atoms with Crippen molar-refractivity contribution in [3.8, 4) is 11.1 Å². The molecule has 2 aromatic rings. The first kappa shape index (κ1) is 25.5. The number of hydrogen-bond acceptors (Lipinski definition) is 3. The number of carbonyl (C=O) groups excluding carboxylic acids is 1. The molecule has 0 bridgehead atoms. The van der Waals surface area contributed by atoms with E-state index in [4.69, 9.17) is 0 Å². The van der Waals surface area contributed by atoms with Gasteiger partial charge in [-0.1, -0.05) is 0 Å². The van der Waals surface area contributed by atoms with Crippen LogP contribution in [-0.4, -0.2) is 50.0 Å². The lowest BCUT2D eigenvalue weighted by molar-refractivity contribution is -0.137. The van der Waals surface area contributed by atoms with Gasteiger partial charge in [0, 0.05) is 29.6 Å². The van der Waals surface area contributed by atoms with Crippen LogP contribution in [0, 0.1) is 28.7 Å². The Hall–Kier alpha value is -2.60. The highest BCUT2D eigenvalue weighted by molar-refractivity contribution is 7.89. The first-order valence-corrected chi connectivity index (χ1v) is 12.5. The van der Waals surface area contributed by atoms with Crippen LogP contribution in [0.5, 0.6) is 0 Å². The summed E-state index contributed by atoms with van der Waals surface area (Å²) in [7, 11) is -4.41. The molecule has 1 aliphatic carbocycles. The minimum Gasteiger partial charge on any atom is -0.335 e. The van der Waals surface area contributed by atoms with Gasteiger partial charge in [-0.25, -0.2) is 39.5 Å². The normalized spacial score (nSPS) is 22.0. The van der Waals surface area contributed by atoms with Gasteiger partial charge in [-0.05, 0) is 61.6 Å². The number of nitrogens with zero attached hydrogens (tertiary/aromatic N) is 1. The van der Waals surface area contributed by atoms with Crippen molar-refractivity contribution in [2.75, 3.05) is 12.6 Å². The number of nitrogens with one attached hydrogen (secondary N) is 1. The first-order valence-electron chi connectivity index (χ1n) is 10.8. The molecule has 4 rings (SSSR count). The summed E-state index contributed by atoms with van der Waals surface area (Å²) in [6, 6.07) is -0.186. The van der Waals surface area contributed by atoms with Crippen molar-refractivity contribution in [2.45, 2.75) is 44.4 Å². The fraction of sp³-hybridized carbons (Fsp3) is 0.435. The fourth-order valence-electron chi connectivity index (χ4n) is 4.84. The summed E-state index contributed by atoms with van der Waals surface area (Å²) < 4.78 is 111. The molecule has 1 amide bonds. The molecule has 3 atom stereocenters. The average Bonchev–Trinajstić information content (AvgIpc) is 3.50. The van der Waals surface area contributed by atoms with Gasteiger partial charge in [-0.15, -0.1) is 0 Å². The molecule has 2 fully saturated rings. The van der Waals surface area contributed by atoms with Crippen molar-refractivity contribution in [2.24, 2.45) is 5.41 Å². The van der Waals surface area contributed by atoms with Gasteiger partial charge >= 0.3 is 0 Å².